The average Bonchev–Trinajstić information content (AvgIpc) is 3.14. The highest BCUT2D eigenvalue weighted by molar-refractivity contribution is 7.47. The summed E-state index contributed by atoms with van der Waals surface area (Å²) >= 11 is 0. The van der Waals surface area contributed by atoms with Gasteiger partial charge >= 0.3 is 19.8 Å². The summed E-state index contributed by atoms with van der Waals surface area (Å²) in [5, 5.41) is 18.3. The Hall–Kier alpha value is -1.03. The zero-order valence-electron chi connectivity index (χ0n) is 34.3. The molecule has 0 aliphatic heterocycles. The number of aliphatic hydroxyl groups is 2. The maximum Gasteiger partial charge on any atom is 0.472 e. The van der Waals surface area contributed by atoms with Crippen LogP contribution in [0.15, 0.2) is 0 Å². The van der Waals surface area contributed by atoms with Crippen molar-refractivity contribution in [3.05, 3.63) is 0 Å². The van der Waals surface area contributed by atoms with Gasteiger partial charge in [-0.05, 0) is 12.8 Å². The van der Waals surface area contributed by atoms with Crippen molar-refractivity contribution in [2.24, 2.45) is 0 Å². The van der Waals surface area contributed by atoms with Crippen LogP contribution in [0, 0.1) is 0 Å². The van der Waals surface area contributed by atoms with E-state index in [-0.39, 0.29) is 19.4 Å². The Morgan fingerprint density at radius 1 is 0.491 bits per heavy atom. The molecule has 0 radical (unpaired) electrons. The van der Waals surface area contributed by atoms with E-state index in [2.05, 4.69) is 18.4 Å². The maximum atomic E-state index is 12.5. The van der Waals surface area contributed by atoms with E-state index in [4.69, 9.17) is 19.1 Å². The van der Waals surface area contributed by atoms with E-state index in [1.807, 2.05) is 0 Å². The molecule has 0 aliphatic rings. The number of unbranched alkanes of at least 4 members (excludes halogenated alkanes) is 28. The van der Waals surface area contributed by atoms with Crippen molar-refractivity contribution in [2.75, 3.05) is 26.4 Å². The fourth-order valence-electron chi connectivity index (χ4n) is 6.35. The topological polar surface area (TPSA) is 149 Å². The summed E-state index contributed by atoms with van der Waals surface area (Å²) in [4.78, 5) is 34.7. The van der Waals surface area contributed by atoms with Crippen LogP contribution >= 0.6 is 7.82 Å². The van der Waals surface area contributed by atoms with E-state index in [0.717, 1.165) is 32.1 Å². The van der Waals surface area contributed by atoms with Gasteiger partial charge < -0.3 is 24.6 Å². The molecular weight excluding hydrogens is 695 g/mol. The minimum atomic E-state index is -4.60. The molecule has 53 heavy (non-hydrogen) atoms. The Labute approximate surface area is 324 Å². The SMILES string of the molecule is CCCCCCCCCCCCCCCCCCCCCCCCCC(=O)OC[C@@H](COP(=O)(O)OC[C@H](O)CO)OC(=O)CCCCCCCCC. The van der Waals surface area contributed by atoms with Gasteiger partial charge in [-0.1, -0.05) is 194 Å². The minimum absolute atomic E-state index is 0.188. The van der Waals surface area contributed by atoms with Crippen molar-refractivity contribution in [1.82, 2.24) is 0 Å². The minimum Gasteiger partial charge on any atom is -0.462 e. The van der Waals surface area contributed by atoms with Gasteiger partial charge in [0.15, 0.2) is 6.10 Å². The second-order valence-corrected chi connectivity index (χ2v) is 16.5. The van der Waals surface area contributed by atoms with Crippen LogP contribution in [0.1, 0.15) is 219 Å². The fourth-order valence-corrected chi connectivity index (χ4v) is 7.14. The standard InChI is InChI=1S/C42H83O10P/c1-3-5-7-9-11-12-13-14-15-16-17-18-19-20-21-22-23-24-25-26-28-29-31-33-41(45)49-37-40(38-51-53(47,48)50-36-39(44)35-43)52-42(46)34-32-30-27-10-8-6-4-2/h39-40,43-44H,3-38H2,1-2H3,(H,47,48)/t39-,40+/m1/s1. The zero-order valence-corrected chi connectivity index (χ0v) is 35.2. The molecule has 10 nitrogen and oxygen atoms in total. The molecular formula is C42H83O10P. The molecule has 316 valence electrons. The molecule has 0 aromatic rings. The normalized spacial score (nSPS) is 13.8. The number of ether oxygens (including phenoxy) is 2. The first-order chi connectivity index (χ1) is 25.7. The lowest BCUT2D eigenvalue weighted by molar-refractivity contribution is -0.161. The number of aliphatic hydroxyl groups excluding tert-OH is 2. The average molecular weight is 779 g/mol. The lowest BCUT2D eigenvalue weighted by Crippen LogP contribution is -2.29. The van der Waals surface area contributed by atoms with Crippen LogP contribution in [0.4, 0.5) is 0 Å². The molecule has 0 saturated heterocycles. The predicted octanol–water partition coefficient (Wildman–Crippen LogP) is 11.5. The lowest BCUT2D eigenvalue weighted by Gasteiger charge is -2.20. The highest BCUT2D eigenvalue weighted by atomic mass is 31.2. The van der Waals surface area contributed by atoms with E-state index >= 15 is 0 Å². The van der Waals surface area contributed by atoms with Crippen molar-refractivity contribution in [2.45, 2.75) is 232 Å². The van der Waals surface area contributed by atoms with Crippen molar-refractivity contribution >= 4 is 19.8 Å². The van der Waals surface area contributed by atoms with Gasteiger partial charge in [-0.25, -0.2) is 4.57 Å². The third-order valence-electron chi connectivity index (χ3n) is 9.76. The quantitative estimate of drug-likeness (QED) is 0.0310. The molecule has 0 saturated carbocycles. The number of carbonyl (C=O) groups is 2. The summed E-state index contributed by atoms with van der Waals surface area (Å²) in [5.41, 5.74) is 0. The van der Waals surface area contributed by atoms with Gasteiger partial charge in [-0.3, -0.25) is 18.6 Å². The molecule has 0 aromatic carbocycles. The molecule has 0 spiro atoms. The Morgan fingerprint density at radius 3 is 1.17 bits per heavy atom. The zero-order chi connectivity index (χ0) is 39.1. The first kappa shape index (κ1) is 52.0. The van der Waals surface area contributed by atoms with Gasteiger partial charge in [0.25, 0.3) is 0 Å². The van der Waals surface area contributed by atoms with Crippen molar-refractivity contribution in [3.63, 3.8) is 0 Å². The number of hydrogen-bond donors (Lipinski definition) is 3. The smallest absolute Gasteiger partial charge is 0.462 e. The van der Waals surface area contributed by atoms with Gasteiger partial charge in [-0.15, -0.1) is 0 Å². The Morgan fingerprint density at radius 2 is 0.811 bits per heavy atom. The summed E-state index contributed by atoms with van der Waals surface area (Å²) in [5.74, 6) is -0.918. The highest BCUT2D eigenvalue weighted by Crippen LogP contribution is 2.43. The predicted molar refractivity (Wildman–Crippen MR) is 215 cm³/mol. The highest BCUT2D eigenvalue weighted by Gasteiger charge is 2.27. The molecule has 0 rings (SSSR count). The molecule has 0 aromatic heterocycles. The molecule has 0 heterocycles. The van der Waals surface area contributed by atoms with Crippen LogP contribution in [0.3, 0.4) is 0 Å². The molecule has 0 aliphatic carbocycles. The molecule has 3 atom stereocenters. The van der Waals surface area contributed by atoms with E-state index in [1.54, 1.807) is 0 Å². The van der Waals surface area contributed by atoms with Crippen LogP contribution in [0.5, 0.6) is 0 Å². The molecule has 0 amide bonds. The summed E-state index contributed by atoms with van der Waals surface area (Å²) in [6.07, 6.45) is 35.4. The first-order valence-electron chi connectivity index (χ1n) is 22.0. The monoisotopic (exact) mass is 779 g/mol. The van der Waals surface area contributed by atoms with E-state index in [1.165, 1.54) is 148 Å². The number of phosphoric acid groups is 1. The summed E-state index contributed by atoms with van der Waals surface area (Å²) in [6, 6.07) is 0. The van der Waals surface area contributed by atoms with Gasteiger partial charge in [0.2, 0.25) is 0 Å². The van der Waals surface area contributed by atoms with E-state index in [9.17, 15) is 24.2 Å². The maximum absolute atomic E-state index is 12.5. The van der Waals surface area contributed by atoms with E-state index in [0.29, 0.717) is 12.8 Å². The van der Waals surface area contributed by atoms with Crippen LogP contribution < -0.4 is 0 Å². The van der Waals surface area contributed by atoms with Crippen molar-refractivity contribution in [1.29, 1.82) is 0 Å². The van der Waals surface area contributed by atoms with Crippen LogP contribution in [0.2, 0.25) is 0 Å². The first-order valence-corrected chi connectivity index (χ1v) is 23.5. The van der Waals surface area contributed by atoms with Crippen LogP contribution in [-0.4, -0.2) is 65.7 Å². The Balaban J connectivity index is 3.99. The second-order valence-electron chi connectivity index (χ2n) is 15.1. The Bertz CT molecular complexity index is 858. The Kier molecular flexibility index (Phi) is 38.5. The molecule has 1 unspecified atom stereocenters. The third kappa shape index (κ3) is 39.0. The number of hydrogen-bond acceptors (Lipinski definition) is 9. The number of phosphoric ester groups is 1. The van der Waals surface area contributed by atoms with Gasteiger partial charge in [0.1, 0.15) is 12.7 Å². The number of esters is 2. The second kappa shape index (κ2) is 39.2. The summed E-state index contributed by atoms with van der Waals surface area (Å²) < 4.78 is 32.5. The van der Waals surface area contributed by atoms with Gasteiger partial charge in [0, 0.05) is 12.8 Å². The van der Waals surface area contributed by atoms with Crippen molar-refractivity contribution < 1.29 is 47.8 Å². The molecule has 0 bridgehead atoms. The number of carbonyl (C=O) groups excluding carboxylic acids is 2. The summed E-state index contributed by atoms with van der Waals surface area (Å²) in [7, 11) is -4.60. The summed E-state index contributed by atoms with van der Waals surface area (Å²) in [6.45, 7) is 2.35. The lowest BCUT2D eigenvalue weighted by atomic mass is 10.0. The molecule has 11 heteroatoms. The van der Waals surface area contributed by atoms with Crippen molar-refractivity contribution in [3.8, 4) is 0 Å². The van der Waals surface area contributed by atoms with Crippen LogP contribution in [0.25, 0.3) is 0 Å². The fraction of sp³-hybridized carbons (Fsp3) is 0.952. The van der Waals surface area contributed by atoms with Gasteiger partial charge in [-0.2, -0.15) is 0 Å². The van der Waals surface area contributed by atoms with Crippen LogP contribution in [-0.2, 0) is 32.7 Å². The number of rotatable bonds is 42. The molecule has 3 N–H and O–H groups in total. The van der Waals surface area contributed by atoms with E-state index < -0.39 is 51.8 Å². The third-order valence-corrected chi connectivity index (χ3v) is 10.7. The molecule has 0 fully saturated rings. The largest absolute Gasteiger partial charge is 0.472 e. The van der Waals surface area contributed by atoms with Gasteiger partial charge in [0.05, 0.1) is 19.8 Å².